The van der Waals surface area contributed by atoms with Crippen molar-refractivity contribution in [3.63, 3.8) is 0 Å². The van der Waals surface area contributed by atoms with Gasteiger partial charge >= 0.3 is 30.5 Å². The van der Waals surface area contributed by atoms with Crippen LogP contribution in [0.3, 0.4) is 0 Å². The maximum Gasteiger partial charge on any atom is 0.497 e. The number of carbonyl (C=O) groups excluding carboxylic acids is 1. The first-order valence-electron chi connectivity index (χ1n) is 15.4. The standard InChI is InChI=1S/2C11H12F3N.C8H11N.C3H6F3N.C3H2F3O.ClH/c2*1-8(10-6-4-3-5-7-10)15-9(2)11(12,13)14;1-7(9)8-5-3-2-4-6-8;2*1-2(7)3(4,5)6;/h3-7,9H,1-2H3;3-8H,1-2H3;2-7H,9H2,1H3;2H,7H2,1H3;1H2;1H/q;;;;+1;/t9-;8-;7-;2-;;/m1001../s1. The van der Waals surface area contributed by atoms with Crippen molar-refractivity contribution in [1.29, 1.82) is 0 Å². The number of nitrogens with two attached hydrogens (primary N) is 2. The van der Waals surface area contributed by atoms with Gasteiger partial charge in [-0.15, -0.1) is 12.4 Å². The Kier molecular flexibility index (Phi) is 25.2. The van der Waals surface area contributed by atoms with Gasteiger partial charge in [-0.1, -0.05) is 91.0 Å². The zero-order valence-electron chi connectivity index (χ0n) is 30.1. The largest absolute Gasteiger partial charge is 0.497 e. The molecule has 4 atom stereocenters. The zero-order chi connectivity index (χ0) is 41.8. The van der Waals surface area contributed by atoms with Gasteiger partial charge in [0.05, 0.1) is 12.1 Å². The molecule has 4 N–H and O–H groups in total. The number of alkyl halides is 12. The van der Waals surface area contributed by atoms with Crippen LogP contribution < -0.4 is 11.5 Å². The van der Waals surface area contributed by atoms with Crippen molar-refractivity contribution in [1.82, 2.24) is 0 Å². The number of Topliss-reactive ketones (excluding diaryl/α,β-unsaturated/α-hetero) is 1. The van der Waals surface area contributed by atoms with E-state index in [0.717, 1.165) is 26.3 Å². The van der Waals surface area contributed by atoms with Crippen molar-refractivity contribution in [2.75, 3.05) is 0 Å². The number of carbonyl (C=O) groups is 1. The maximum absolute atomic E-state index is 12.2. The Morgan fingerprint density at radius 1 is 0.593 bits per heavy atom. The molecule has 5 nitrogen and oxygen atoms in total. The lowest BCUT2D eigenvalue weighted by atomic mass is 10.1. The minimum Gasteiger partial charge on any atom is -0.324 e. The predicted molar refractivity (Wildman–Crippen MR) is 191 cm³/mol. The minimum absolute atomic E-state index is 0. The first kappa shape index (κ1) is 54.3. The number of hydrogen-bond acceptors (Lipinski definition) is 5. The molecule has 0 heterocycles. The number of rotatable bonds is 5. The first-order chi connectivity index (χ1) is 24.0. The Morgan fingerprint density at radius 3 is 1.19 bits per heavy atom. The molecule has 0 spiro atoms. The third-order valence-electron chi connectivity index (χ3n) is 6.29. The number of nitrogens with zero attached hydrogens (tertiary/aromatic N) is 2. The lowest BCUT2D eigenvalue weighted by Gasteiger charge is -2.12. The number of benzene rings is 3. The van der Waals surface area contributed by atoms with Crippen LogP contribution in [0, 0.1) is 6.92 Å². The van der Waals surface area contributed by atoms with E-state index in [4.69, 9.17) is 5.73 Å². The molecule has 0 aromatic heterocycles. The van der Waals surface area contributed by atoms with Crippen molar-refractivity contribution < 1.29 is 57.5 Å². The van der Waals surface area contributed by atoms with Crippen LogP contribution in [0.4, 0.5) is 52.7 Å². The van der Waals surface area contributed by atoms with Gasteiger partial charge in [-0.25, -0.2) is 4.79 Å². The minimum atomic E-state index is -4.75. The van der Waals surface area contributed by atoms with E-state index in [1.807, 2.05) is 49.4 Å². The molecule has 3 rings (SSSR count). The van der Waals surface area contributed by atoms with Gasteiger partial charge in [0.25, 0.3) is 0 Å². The summed E-state index contributed by atoms with van der Waals surface area (Å²) in [6.07, 6.45) is -17.6. The Bertz CT molecular complexity index is 1490. The highest BCUT2D eigenvalue weighted by molar-refractivity contribution is 5.98. The van der Waals surface area contributed by atoms with E-state index in [-0.39, 0.29) is 18.4 Å². The molecule has 3 aromatic rings. The molecule has 0 aliphatic heterocycles. The molecule has 0 radical (unpaired) electrons. The second kappa shape index (κ2) is 25.1. The Hall–Kier alpha value is -4.09. The highest BCUT2D eigenvalue weighted by atomic mass is 35.5. The summed E-state index contributed by atoms with van der Waals surface area (Å²) in [7, 11) is 0. The van der Waals surface area contributed by atoms with Crippen molar-refractivity contribution in [2.45, 2.75) is 90.4 Å². The summed E-state index contributed by atoms with van der Waals surface area (Å²) in [5.74, 6) is -2.01. The van der Waals surface area contributed by atoms with Crippen LogP contribution in [0.1, 0.15) is 70.3 Å². The molecular weight excluding hydrogens is 768 g/mol. The zero-order valence-corrected chi connectivity index (χ0v) is 30.9. The lowest BCUT2D eigenvalue weighted by Crippen LogP contribution is -2.33. The van der Waals surface area contributed by atoms with Crippen molar-refractivity contribution in [3.05, 3.63) is 115 Å². The quantitative estimate of drug-likeness (QED) is 0.153. The van der Waals surface area contributed by atoms with Crippen LogP contribution >= 0.6 is 12.4 Å². The van der Waals surface area contributed by atoms with Gasteiger partial charge < -0.3 is 11.5 Å². The molecule has 0 fully saturated rings. The van der Waals surface area contributed by atoms with E-state index in [2.05, 4.69) is 22.6 Å². The molecule has 0 unspecified atom stereocenters. The van der Waals surface area contributed by atoms with E-state index in [9.17, 15) is 57.5 Å². The van der Waals surface area contributed by atoms with Crippen LogP contribution in [-0.2, 0) is 4.79 Å². The number of aliphatic imine (C=N–C) groups is 2. The first-order valence-corrected chi connectivity index (χ1v) is 15.4. The van der Waals surface area contributed by atoms with E-state index < -0.39 is 54.3 Å². The number of hydrogen-bond donors (Lipinski definition) is 2. The van der Waals surface area contributed by atoms with Crippen LogP contribution in [0.5, 0.6) is 0 Å². The van der Waals surface area contributed by atoms with Gasteiger partial charge in [-0.2, -0.15) is 52.7 Å². The predicted octanol–water partition coefficient (Wildman–Crippen LogP) is 11.2. The lowest BCUT2D eigenvalue weighted by molar-refractivity contribution is -0.165. The Morgan fingerprint density at radius 2 is 0.926 bits per heavy atom. The van der Waals surface area contributed by atoms with E-state index in [1.54, 1.807) is 62.4 Å². The topological polar surface area (TPSA) is 93.8 Å². The van der Waals surface area contributed by atoms with Gasteiger partial charge in [0, 0.05) is 11.8 Å². The van der Waals surface area contributed by atoms with E-state index in [1.165, 1.54) is 5.56 Å². The Balaban J connectivity index is -0.000000625. The smallest absolute Gasteiger partial charge is 0.324 e. The summed E-state index contributed by atoms with van der Waals surface area (Å²) in [6.45, 7) is 10.3. The van der Waals surface area contributed by atoms with Crippen LogP contribution in [0.25, 0.3) is 0 Å². The highest BCUT2D eigenvalue weighted by Gasteiger charge is 2.41. The van der Waals surface area contributed by atoms with Gasteiger partial charge in [0.2, 0.25) is 0 Å². The van der Waals surface area contributed by atoms with Gasteiger partial charge in [0.15, 0.2) is 0 Å². The third kappa shape index (κ3) is 25.8. The molecule has 18 heteroatoms. The van der Waals surface area contributed by atoms with Gasteiger partial charge in [0.1, 0.15) is 18.7 Å². The van der Waals surface area contributed by atoms with Crippen LogP contribution in [0.2, 0.25) is 0 Å². The molecule has 0 amide bonds. The van der Waals surface area contributed by atoms with Gasteiger partial charge in [-0.05, 0) is 58.2 Å². The molecule has 0 aliphatic rings. The fraction of sp³-hybridized carbons (Fsp3) is 0.389. The SMILES string of the molecule is CC(=N[C@@H](C)c1ccccc1)C(F)(F)F.CC(=N[C@H](C)C(F)(F)F)c1ccccc1.C[C@@H](N)C(F)(F)F.C[C@H](N)c1ccccc1.Cl.[CH2+]C(=O)C(F)(F)F. The summed E-state index contributed by atoms with van der Waals surface area (Å²) in [5, 5.41) is 0. The summed E-state index contributed by atoms with van der Waals surface area (Å²) >= 11 is 0. The monoisotopic (exact) mass is 811 g/mol. The third-order valence-corrected chi connectivity index (χ3v) is 6.29. The highest BCUT2D eigenvalue weighted by Crippen LogP contribution is 2.24. The van der Waals surface area contributed by atoms with Crippen molar-refractivity contribution in [3.8, 4) is 0 Å². The normalized spacial score (nSPS) is 14.2. The second-order valence-electron chi connectivity index (χ2n) is 11.0. The fourth-order valence-corrected chi connectivity index (χ4v) is 3.04. The molecular formula is C36H44ClF12N4O+. The average molecular weight is 812 g/mol. The molecule has 0 aliphatic carbocycles. The molecule has 3 aromatic carbocycles. The van der Waals surface area contributed by atoms with Crippen LogP contribution in [-0.4, -0.2) is 54.0 Å². The van der Waals surface area contributed by atoms with E-state index >= 15 is 0 Å². The van der Waals surface area contributed by atoms with Crippen LogP contribution in [0.15, 0.2) is 101 Å². The summed E-state index contributed by atoms with van der Waals surface area (Å²) in [5.41, 5.74) is 12.4. The van der Waals surface area contributed by atoms with E-state index in [0.29, 0.717) is 11.3 Å². The summed E-state index contributed by atoms with van der Waals surface area (Å²) in [6, 6.07) is 24.1. The molecule has 0 bridgehead atoms. The summed E-state index contributed by atoms with van der Waals surface area (Å²) < 4.78 is 139. The number of ketones is 1. The second-order valence-corrected chi connectivity index (χ2v) is 11.0. The average Bonchev–Trinajstić information content (AvgIpc) is 3.05. The fourth-order valence-electron chi connectivity index (χ4n) is 3.04. The molecule has 304 valence electrons. The maximum atomic E-state index is 12.2. The van der Waals surface area contributed by atoms with Crippen molar-refractivity contribution in [2.24, 2.45) is 21.5 Å². The molecule has 54 heavy (non-hydrogen) atoms. The van der Waals surface area contributed by atoms with Crippen molar-refractivity contribution >= 4 is 29.6 Å². The molecule has 0 saturated carbocycles. The summed E-state index contributed by atoms with van der Waals surface area (Å²) in [4.78, 5) is 16.4. The number of halogens is 13. The van der Waals surface area contributed by atoms with Gasteiger partial charge in [-0.3, -0.25) is 9.98 Å². The molecule has 0 saturated heterocycles. The Labute approximate surface area is 313 Å².